The van der Waals surface area contributed by atoms with Crippen molar-refractivity contribution >= 4 is 11.6 Å². The second kappa shape index (κ2) is 7.53. The third-order valence-corrected chi connectivity index (χ3v) is 4.67. The largest absolute Gasteiger partial charge is 0.312 e. The SMILES string of the molecule is C#CCn1c(-c2ccc(Cl)cc2)nc(-c2ccccc2)c1-c1ccccc1. The Morgan fingerprint density at radius 2 is 1.37 bits per heavy atom. The molecule has 0 saturated heterocycles. The van der Waals surface area contributed by atoms with Crippen LogP contribution in [0.4, 0.5) is 0 Å². The molecule has 0 aliphatic heterocycles. The van der Waals surface area contributed by atoms with E-state index < -0.39 is 0 Å². The highest BCUT2D eigenvalue weighted by molar-refractivity contribution is 6.30. The summed E-state index contributed by atoms with van der Waals surface area (Å²) in [4.78, 5) is 5.00. The molecule has 1 heterocycles. The molecule has 0 aliphatic rings. The molecule has 3 aromatic carbocycles. The van der Waals surface area contributed by atoms with Crippen molar-refractivity contribution in [3.8, 4) is 46.2 Å². The Morgan fingerprint density at radius 3 is 1.96 bits per heavy atom. The van der Waals surface area contributed by atoms with Crippen molar-refractivity contribution in [1.82, 2.24) is 9.55 Å². The summed E-state index contributed by atoms with van der Waals surface area (Å²) in [6, 6.07) is 28.1. The molecule has 3 heteroatoms. The average Bonchev–Trinajstić information content (AvgIpc) is 3.09. The van der Waals surface area contributed by atoms with Gasteiger partial charge in [-0.05, 0) is 24.3 Å². The van der Waals surface area contributed by atoms with Crippen molar-refractivity contribution in [1.29, 1.82) is 0 Å². The molecule has 0 bridgehead atoms. The molecule has 0 N–H and O–H groups in total. The van der Waals surface area contributed by atoms with Gasteiger partial charge < -0.3 is 4.57 Å². The van der Waals surface area contributed by atoms with Gasteiger partial charge in [0.1, 0.15) is 5.82 Å². The number of hydrogen-bond acceptors (Lipinski definition) is 1. The molecule has 4 rings (SSSR count). The van der Waals surface area contributed by atoms with Gasteiger partial charge in [0.2, 0.25) is 0 Å². The Bertz CT molecular complexity index is 1090. The number of terminal acetylenes is 1. The molecule has 2 nitrogen and oxygen atoms in total. The molecule has 0 fully saturated rings. The van der Waals surface area contributed by atoms with Gasteiger partial charge in [-0.25, -0.2) is 4.98 Å². The third-order valence-electron chi connectivity index (χ3n) is 4.41. The lowest BCUT2D eigenvalue weighted by Gasteiger charge is -2.10. The highest BCUT2D eigenvalue weighted by atomic mass is 35.5. The fourth-order valence-electron chi connectivity index (χ4n) is 3.20. The van der Waals surface area contributed by atoms with Crippen LogP contribution >= 0.6 is 11.6 Å². The van der Waals surface area contributed by atoms with Gasteiger partial charge in [0.05, 0.1) is 17.9 Å². The van der Waals surface area contributed by atoms with Crippen molar-refractivity contribution in [3.63, 3.8) is 0 Å². The number of benzene rings is 3. The normalized spacial score (nSPS) is 10.5. The first kappa shape index (κ1) is 17.1. The number of hydrogen-bond donors (Lipinski definition) is 0. The van der Waals surface area contributed by atoms with Gasteiger partial charge in [-0.15, -0.1) is 6.42 Å². The average molecular weight is 369 g/mol. The maximum absolute atomic E-state index is 6.07. The Balaban J connectivity index is 2.02. The zero-order valence-electron chi connectivity index (χ0n) is 14.6. The minimum absolute atomic E-state index is 0.433. The molecule has 0 saturated carbocycles. The van der Waals surface area contributed by atoms with Crippen LogP contribution in [0.3, 0.4) is 0 Å². The van der Waals surface area contributed by atoms with Crippen LogP contribution < -0.4 is 0 Å². The molecule has 130 valence electrons. The highest BCUT2D eigenvalue weighted by Gasteiger charge is 2.20. The summed E-state index contributed by atoms with van der Waals surface area (Å²) in [5, 5.41) is 0.695. The topological polar surface area (TPSA) is 17.8 Å². The van der Waals surface area contributed by atoms with E-state index in [1.54, 1.807) is 0 Å². The van der Waals surface area contributed by atoms with Crippen molar-refractivity contribution < 1.29 is 0 Å². The quantitative estimate of drug-likeness (QED) is 0.394. The van der Waals surface area contributed by atoms with Crippen LogP contribution in [0.5, 0.6) is 0 Å². The summed E-state index contributed by atoms with van der Waals surface area (Å²) in [5.41, 5.74) is 5.06. The summed E-state index contributed by atoms with van der Waals surface area (Å²) >= 11 is 6.07. The number of rotatable bonds is 4. The van der Waals surface area contributed by atoms with Gasteiger partial charge in [0.25, 0.3) is 0 Å². The van der Waals surface area contributed by atoms with Gasteiger partial charge in [-0.1, -0.05) is 78.2 Å². The van der Waals surface area contributed by atoms with E-state index in [1.807, 2.05) is 60.7 Å². The molecule has 27 heavy (non-hydrogen) atoms. The lowest BCUT2D eigenvalue weighted by Crippen LogP contribution is -2.01. The number of nitrogens with zero attached hydrogens (tertiary/aromatic N) is 2. The first-order valence-electron chi connectivity index (χ1n) is 8.68. The maximum atomic E-state index is 6.07. The Hall–Kier alpha value is -3.28. The number of aromatic nitrogens is 2. The van der Waals surface area contributed by atoms with E-state index in [1.165, 1.54) is 0 Å². The van der Waals surface area contributed by atoms with E-state index in [4.69, 9.17) is 23.0 Å². The predicted molar refractivity (Wildman–Crippen MR) is 112 cm³/mol. The van der Waals surface area contributed by atoms with E-state index in [2.05, 4.69) is 34.8 Å². The lowest BCUT2D eigenvalue weighted by molar-refractivity contribution is 0.859. The van der Waals surface area contributed by atoms with Crippen LogP contribution in [0.1, 0.15) is 0 Å². The Labute approximate surface area is 164 Å². The summed E-state index contributed by atoms with van der Waals surface area (Å²) < 4.78 is 2.10. The lowest BCUT2D eigenvalue weighted by atomic mass is 10.0. The smallest absolute Gasteiger partial charge is 0.142 e. The van der Waals surface area contributed by atoms with Crippen LogP contribution in [-0.4, -0.2) is 9.55 Å². The molecule has 0 atom stereocenters. The van der Waals surface area contributed by atoms with Crippen molar-refractivity contribution in [2.45, 2.75) is 6.54 Å². The maximum Gasteiger partial charge on any atom is 0.142 e. The van der Waals surface area contributed by atoms with Crippen molar-refractivity contribution in [2.24, 2.45) is 0 Å². The summed E-state index contributed by atoms with van der Waals surface area (Å²) in [7, 11) is 0. The van der Waals surface area contributed by atoms with Gasteiger partial charge in [-0.3, -0.25) is 0 Å². The minimum Gasteiger partial charge on any atom is -0.312 e. The van der Waals surface area contributed by atoms with Crippen LogP contribution in [0.2, 0.25) is 5.02 Å². The third kappa shape index (κ3) is 3.38. The summed E-state index contributed by atoms with van der Waals surface area (Å²) in [5.74, 6) is 3.61. The zero-order chi connectivity index (χ0) is 18.6. The van der Waals surface area contributed by atoms with E-state index in [0.29, 0.717) is 11.6 Å². The summed E-state index contributed by atoms with van der Waals surface area (Å²) in [6.07, 6.45) is 5.71. The van der Waals surface area contributed by atoms with Gasteiger partial charge >= 0.3 is 0 Å². The molecule has 4 aromatic rings. The monoisotopic (exact) mass is 368 g/mol. The first-order valence-corrected chi connectivity index (χ1v) is 9.06. The second-order valence-electron chi connectivity index (χ2n) is 6.16. The molecular formula is C24H17ClN2. The standard InChI is InChI=1S/C24H17ClN2/c1-2-17-27-23(19-11-7-4-8-12-19)22(18-9-5-3-6-10-18)26-24(27)20-13-15-21(25)16-14-20/h1,3-16H,17H2. The van der Waals surface area contributed by atoms with Crippen LogP contribution in [0.25, 0.3) is 33.9 Å². The number of imidazole rings is 1. The molecule has 0 spiro atoms. The zero-order valence-corrected chi connectivity index (χ0v) is 15.4. The fraction of sp³-hybridized carbons (Fsp3) is 0.0417. The molecule has 1 aromatic heterocycles. The first-order chi connectivity index (χ1) is 13.3. The molecule has 0 radical (unpaired) electrons. The van der Waals surface area contributed by atoms with E-state index in [9.17, 15) is 0 Å². The Morgan fingerprint density at radius 1 is 0.778 bits per heavy atom. The molecule has 0 unspecified atom stereocenters. The molecule has 0 aliphatic carbocycles. The van der Waals surface area contributed by atoms with Crippen molar-refractivity contribution in [3.05, 3.63) is 90.0 Å². The van der Waals surface area contributed by atoms with Crippen LogP contribution in [-0.2, 0) is 6.54 Å². The minimum atomic E-state index is 0.433. The Kier molecular flexibility index (Phi) is 4.78. The number of halogens is 1. The molecular weight excluding hydrogens is 352 g/mol. The van der Waals surface area contributed by atoms with E-state index in [0.717, 1.165) is 33.9 Å². The second-order valence-corrected chi connectivity index (χ2v) is 6.60. The van der Waals surface area contributed by atoms with Gasteiger partial charge in [-0.2, -0.15) is 0 Å². The molecule has 0 amide bonds. The van der Waals surface area contributed by atoms with Gasteiger partial charge in [0.15, 0.2) is 0 Å². The van der Waals surface area contributed by atoms with E-state index >= 15 is 0 Å². The predicted octanol–water partition coefficient (Wildman–Crippen LogP) is 6.17. The highest BCUT2D eigenvalue weighted by Crippen LogP contribution is 2.36. The van der Waals surface area contributed by atoms with Gasteiger partial charge in [0, 0.05) is 21.7 Å². The van der Waals surface area contributed by atoms with E-state index in [-0.39, 0.29) is 0 Å². The fourth-order valence-corrected chi connectivity index (χ4v) is 3.33. The summed E-state index contributed by atoms with van der Waals surface area (Å²) in [6.45, 7) is 0.433. The van der Waals surface area contributed by atoms with Crippen LogP contribution in [0.15, 0.2) is 84.9 Å². The van der Waals surface area contributed by atoms with Crippen molar-refractivity contribution in [2.75, 3.05) is 0 Å². The van der Waals surface area contributed by atoms with Crippen LogP contribution in [0, 0.1) is 12.3 Å².